The van der Waals surface area contributed by atoms with E-state index in [1.54, 1.807) is 0 Å². The average Bonchev–Trinajstić information content (AvgIpc) is 3.93. The van der Waals surface area contributed by atoms with Gasteiger partial charge in [0, 0.05) is 66.1 Å². The van der Waals surface area contributed by atoms with E-state index in [2.05, 4.69) is 266 Å². The van der Waals surface area contributed by atoms with Gasteiger partial charge < -0.3 is 9.13 Å². The Labute approximate surface area is 474 Å². The van der Waals surface area contributed by atoms with E-state index < -0.39 is 0 Å². The minimum absolute atomic E-state index is 0.553. The molecule has 0 radical (unpaired) electrons. The van der Waals surface area contributed by atoms with Crippen molar-refractivity contribution < 1.29 is 0 Å². The summed E-state index contributed by atoms with van der Waals surface area (Å²) in [6.45, 7) is 4.34. The summed E-state index contributed by atoms with van der Waals surface area (Å²) in [5.74, 6) is 1.12. The van der Waals surface area contributed by atoms with Crippen molar-refractivity contribution in [1.82, 2.24) is 34.1 Å². The van der Waals surface area contributed by atoms with Gasteiger partial charge in [-0.15, -0.1) is 0 Å². The van der Waals surface area contributed by atoms with Gasteiger partial charge in [-0.25, -0.2) is 24.9 Å². The van der Waals surface area contributed by atoms with Gasteiger partial charge in [0.15, 0.2) is 11.6 Å². The fourth-order valence-corrected chi connectivity index (χ4v) is 11.7. The largest absolute Gasteiger partial charge is 0.307 e. The van der Waals surface area contributed by atoms with Crippen LogP contribution in [0.4, 0.5) is 0 Å². The summed E-state index contributed by atoms with van der Waals surface area (Å²) in [6.07, 6.45) is 0. The lowest BCUT2D eigenvalue weighted by atomic mass is 10.0. The smallest absolute Gasteiger partial charge is 0.162 e. The number of aryl methyl sites for hydroxylation is 2. The Morgan fingerprint density at radius 2 is 0.646 bits per heavy atom. The van der Waals surface area contributed by atoms with Crippen LogP contribution in [0.3, 0.4) is 0 Å². The second kappa shape index (κ2) is 20.1. The molecule has 386 valence electrons. The SMILES string of the molecule is Cc1ccc2c(c1)c1cc(C)ccc1n2-c1cc(-c2nc(-c3ccccc3)cc(-c3ccccc3)n2)cc(-c2nc(-c3ccccc3)cc(-c3ccccc3)n2)c1-n1c2ccccc2c2cc(-c3cccc(-c4ccccc4)n3)ccc21. The average molecular weight is 1050 g/mol. The Kier molecular flexibility index (Phi) is 11.8. The van der Waals surface area contributed by atoms with E-state index in [-0.39, 0.29) is 0 Å². The summed E-state index contributed by atoms with van der Waals surface area (Å²) in [7, 11) is 0. The van der Waals surface area contributed by atoms with Crippen LogP contribution in [-0.2, 0) is 0 Å². The number of aromatic nitrogens is 7. The summed E-state index contributed by atoms with van der Waals surface area (Å²) in [6, 6.07) is 96.1. The molecule has 0 saturated carbocycles. The van der Waals surface area contributed by atoms with Crippen molar-refractivity contribution >= 4 is 43.6 Å². The van der Waals surface area contributed by atoms with Gasteiger partial charge in [-0.1, -0.05) is 205 Å². The number of hydrogen-bond acceptors (Lipinski definition) is 5. The fourth-order valence-electron chi connectivity index (χ4n) is 11.7. The molecule has 0 aliphatic rings. The number of benzene rings is 10. The molecule has 0 unspecified atom stereocenters. The van der Waals surface area contributed by atoms with E-state index in [1.165, 1.54) is 11.1 Å². The van der Waals surface area contributed by atoms with Gasteiger partial charge in [-0.3, -0.25) is 0 Å². The van der Waals surface area contributed by atoms with Crippen LogP contribution >= 0.6 is 0 Å². The first-order valence-corrected chi connectivity index (χ1v) is 27.7. The van der Waals surface area contributed by atoms with E-state index in [0.717, 1.165) is 134 Å². The second-order valence-corrected chi connectivity index (χ2v) is 21.0. The Morgan fingerprint density at radius 1 is 0.244 bits per heavy atom. The van der Waals surface area contributed by atoms with E-state index in [0.29, 0.717) is 11.6 Å². The van der Waals surface area contributed by atoms with Crippen LogP contribution in [0, 0.1) is 13.8 Å². The Hall–Kier alpha value is -10.9. The highest BCUT2D eigenvalue weighted by molar-refractivity contribution is 6.13. The van der Waals surface area contributed by atoms with Crippen LogP contribution in [0.2, 0.25) is 0 Å². The van der Waals surface area contributed by atoms with Crippen molar-refractivity contribution in [1.29, 1.82) is 0 Å². The van der Waals surface area contributed by atoms with Crippen molar-refractivity contribution in [3.8, 4) is 102 Å². The lowest BCUT2D eigenvalue weighted by Gasteiger charge is -2.22. The molecule has 0 fully saturated rings. The molecule has 82 heavy (non-hydrogen) atoms. The third-order valence-corrected chi connectivity index (χ3v) is 15.6. The molecule has 15 rings (SSSR count). The van der Waals surface area contributed by atoms with Crippen molar-refractivity contribution in [2.75, 3.05) is 0 Å². The summed E-state index contributed by atoms with van der Waals surface area (Å²) in [5.41, 5.74) is 21.1. The molecule has 0 atom stereocenters. The van der Waals surface area contributed by atoms with Crippen LogP contribution in [-0.4, -0.2) is 34.1 Å². The lowest BCUT2D eigenvalue weighted by Crippen LogP contribution is -2.09. The summed E-state index contributed by atoms with van der Waals surface area (Å²) < 4.78 is 4.88. The second-order valence-electron chi connectivity index (χ2n) is 21.0. The summed E-state index contributed by atoms with van der Waals surface area (Å²) >= 11 is 0. The number of fused-ring (bicyclic) bond motifs is 6. The Morgan fingerprint density at radius 3 is 1.16 bits per heavy atom. The minimum atomic E-state index is 0.553. The van der Waals surface area contributed by atoms with Gasteiger partial charge in [0.05, 0.1) is 67.6 Å². The number of nitrogens with zero attached hydrogens (tertiary/aromatic N) is 7. The lowest BCUT2D eigenvalue weighted by molar-refractivity contribution is 1.08. The Bertz CT molecular complexity index is 4740. The minimum Gasteiger partial charge on any atom is -0.307 e. The van der Waals surface area contributed by atoms with Gasteiger partial charge in [0.25, 0.3) is 0 Å². The van der Waals surface area contributed by atoms with E-state index in [4.69, 9.17) is 24.9 Å². The van der Waals surface area contributed by atoms with Gasteiger partial charge in [-0.05, 0) is 92.7 Å². The first-order chi connectivity index (χ1) is 40.5. The molecule has 0 aliphatic heterocycles. The molecule has 0 saturated heterocycles. The third-order valence-electron chi connectivity index (χ3n) is 15.6. The monoisotopic (exact) mass is 1050 g/mol. The number of hydrogen-bond donors (Lipinski definition) is 0. The Balaban J connectivity index is 1.10. The van der Waals surface area contributed by atoms with Crippen LogP contribution < -0.4 is 0 Å². The zero-order valence-corrected chi connectivity index (χ0v) is 45.1. The topological polar surface area (TPSA) is 74.3 Å². The maximum absolute atomic E-state index is 5.67. The van der Waals surface area contributed by atoms with Crippen molar-refractivity contribution in [3.63, 3.8) is 0 Å². The van der Waals surface area contributed by atoms with Gasteiger partial charge in [-0.2, -0.15) is 0 Å². The predicted octanol–water partition coefficient (Wildman–Crippen LogP) is 18.8. The highest BCUT2D eigenvalue weighted by Crippen LogP contribution is 2.45. The molecule has 0 N–H and O–H groups in total. The van der Waals surface area contributed by atoms with Gasteiger partial charge >= 0.3 is 0 Å². The zero-order chi connectivity index (χ0) is 54.7. The van der Waals surface area contributed by atoms with Crippen LogP contribution in [0.1, 0.15) is 11.1 Å². The normalized spacial score (nSPS) is 11.5. The number of pyridine rings is 1. The summed E-state index contributed by atoms with van der Waals surface area (Å²) in [4.78, 5) is 27.6. The molecule has 5 heterocycles. The molecule has 0 bridgehead atoms. The molecular weight excluding hydrogens is 999 g/mol. The predicted molar refractivity (Wildman–Crippen MR) is 337 cm³/mol. The standard InChI is InChI=1S/C75H51N7/c1-48-35-38-69-58(41-48)59-42-49(2)36-39-70(59)81(69)72-45-56(74-77-64(51-23-10-4-11-24-51)46-65(78-74)52-25-12-5-13-26-52)44-61(75-79-66(53-27-14-6-15-28-53)47-67(80-75)54-29-16-7-17-30-54)73(72)82-68-34-19-18-31-57(68)60-43-55(37-40-71(60)82)63-33-20-32-62(76-63)50-21-8-3-9-22-50/h3-47H,1-2H3. The first kappa shape index (κ1) is 48.3. The molecular formula is C75H51N7. The van der Waals surface area contributed by atoms with Crippen LogP contribution in [0.25, 0.3) is 145 Å². The van der Waals surface area contributed by atoms with Crippen LogP contribution in [0.15, 0.2) is 273 Å². The molecule has 10 aromatic carbocycles. The van der Waals surface area contributed by atoms with Crippen molar-refractivity contribution in [2.24, 2.45) is 0 Å². The number of para-hydroxylation sites is 1. The van der Waals surface area contributed by atoms with Crippen molar-refractivity contribution in [2.45, 2.75) is 13.8 Å². The molecule has 0 amide bonds. The quantitative estimate of drug-likeness (QED) is 0.136. The van der Waals surface area contributed by atoms with E-state index in [1.807, 2.05) is 30.3 Å². The molecule has 7 heteroatoms. The highest BCUT2D eigenvalue weighted by Gasteiger charge is 2.27. The highest BCUT2D eigenvalue weighted by atomic mass is 15.1. The van der Waals surface area contributed by atoms with Gasteiger partial charge in [0.1, 0.15) is 0 Å². The first-order valence-electron chi connectivity index (χ1n) is 27.7. The number of rotatable bonds is 10. The van der Waals surface area contributed by atoms with E-state index in [9.17, 15) is 0 Å². The maximum atomic E-state index is 5.67. The maximum Gasteiger partial charge on any atom is 0.162 e. The van der Waals surface area contributed by atoms with E-state index >= 15 is 0 Å². The zero-order valence-electron chi connectivity index (χ0n) is 45.1. The van der Waals surface area contributed by atoms with Gasteiger partial charge in [0.2, 0.25) is 0 Å². The summed E-state index contributed by atoms with van der Waals surface area (Å²) in [5, 5.41) is 4.51. The molecule has 0 spiro atoms. The molecule has 5 aromatic heterocycles. The molecule has 15 aromatic rings. The van der Waals surface area contributed by atoms with Crippen LogP contribution in [0.5, 0.6) is 0 Å². The van der Waals surface area contributed by atoms with Crippen molar-refractivity contribution in [3.05, 3.63) is 284 Å². The third kappa shape index (κ3) is 8.60. The molecule has 7 nitrogen and oxygen atoms in total. The molecule has 0 aliphatic carbocycles. The fraction of sp³-hybridized carbons (Fsp3) is 0.0267.